The molecule has 0 bridgehead atoms. The van der Waals surface area contributed by atoms with Crippen molar-refractivity contribution >= 4 is 5.91 Å². The molecular weight excluding hydrogens is 671 g/mol. The van der Waals surface area contributed by atoms with Crippen LogP contribution in [0.2, 0.25) is 0 Å². The van der Waals surface area contributed by atoms with Crippen molar-refractivity contribution in [2.24, 2.45) is 0 Å². The van der Waals surface area contributed by atoms with E-state index in [1.165, 1.54) is 148 Å². The largest absolute Gasteiger partial charge is 0.394 e. The van der Waals surface area contributed by atoms with Crippen LogP contribution in [-0.4, -0.2) is 57.3 Å². The Labute approximate surface area is 335 Å². The minimum Gasteiger partial charge on any atom is -0.394 e. The molecule has 0 aliphatic heterocycles. The molecule has 0 saturated heterocycles. The number of amides is 1. The maximum absolute atomic E-state index is 12.5. The highest BCUT2D eigenvalue weighted by Gasteiger charge is 2.28. The first kappa shape index (κ1) is 52.5. The molecule has 54 heavy (non-hydrogen) atoms. The number of aliphatic hydroxyl groups excluding tert-OH is 4. The summed E-state index contributed by atoms with van der Waals surface area (Å²) in [5.41, 5.74) is 0. The fourth-order valence-electron chi connectivity index (χ4n) is 7.06. The molecule has 0 aliphatic carbocycles. The maximum Gasteiger partial charge on any atom is 0.249 e. The number of unbranched alkanes of at least 4 members (excludes halogenated alkanes) is 27. The summed E-state index contributed by atoms with van der Waals surface area (Å²) in [6, 6.07) is -1.01. The number of aliphatic hydroxyl groups is 4. The van der Waals surface area contributed by atoms with Gasteiger partial charge in [0.25, 0.3) is 0 Å². The second-order valence-electron chi connectivity index (χ2n) is 16.1. The molecule has 0 aliphatic rings. The summed E-state index contributed by atoms with van der Waals surface area (Å²) in [6.07, 6.45) is 50.3. The van der Waals surface area contributed by atoms with Crippen LogP contribution in [0.4, 0.5) is 0 Å². The molecule has 0 heterocycles. The summed E-state index contributed by atoms with van der Waals surface area (Å²) in [5.74, 6) is -0.602. The van der Waals surface area contributed by atoms with Gasteiger partial charge in [0.2, 0.25) is 5.91 Å². The van der Waals surface area contributed by atoms with Gasteiger partial charge < -0.3 is 25.7 Å². The van der Waals surface area contributed by atoms with E-state index in [4.69, 9.17) is 0 Å². The predicted octanol–water partition coefficient (Wildman–Crippen LogP) is 12.5. The van der Waals surface area contributed by atoms with Gasteiger partial charge in [0.05, 0.1) is 18.8 Å². The molecule has 6 nitrogen and oxygen atoms in total. The molecule has 0 saturated carbocycles. The summed E-state index contributed by atoms with van der Waals surface area (Å²) >= 11 is 0. The van der Waals surface area contributed by atoms with Gasteiger partial charge in [0.15, 0.2) is 0 Å². The van der Waals surface area contributed by atoms with Gasteiger partial charge in [0, 0.05) is 0 Å². The molecule has 5 N–H and O–H groups in total. The first-order valence-corrected chi connectivity index (χ1v) is 23.4. The van der Waals surface area contributed by atoms with E-state index in [2.05, 4.69) is 55.6 Å². The Morgan fingerprint density at radius 3 is 1.17 bits per heavy atom. The fourth-order valence-corrected chi connectivity index (χ4v) is 7.06. The molecule has 0 aromatic heterocycles. The second-order valence-corrected chi connectivity index (χ2v) is 16.1. The zero-order valence-electron chi connectivity index (χ0n) is 35.7. The minimum atomic E-state index is -1.29. The van der Waals surface area contributed by atoms with E-state index in [1.807, 2.05) is 0 Å². The average molecular weight is 762 g/mol. The molecule has 0 spiro atoms. The molecule has 4 atom stereocenters. The normalized spacial score (nSPS) is 14.4. The number of nitrogens with one attached hydrogen (secondary N) is 1. The first-order chi connectivity index (χ1) is 26.5. The Kier molecular flexibility index (Phi) is 41.5. The SMILES string of the molecule is CCCCCCCCCCC/C=C\CCCCCCCCC(O)C(=O)NC(CO)C(O)C(O)CCC/C=C/CC/C=C/CCCCCCCCCCCC. The third kappa shape index (κ3) is 36.2. The van der Waals surface area contributed by atoms with Gasteiger partial charge in [0.1, 0.15) is 12.2 Å². The van der Waals surface area contributed by atoms with Crippen molar-refractivity contribution in [2.45, 2.75) is 257 Å². The number of carbonyl (C=O) groups excluding carboxylic acids is 1. The standard InChI is InChI=1S/C48H91NO5/c1-3-5-7-9-11-13-15-17-19-21-23-25-27-29-31-33-35-37-39-41-45(51)47(53)44(43-50)49-48(54)46(52)42-40-38-36-34-32-30-28-26-24-22-20-18-16-14-12-10-8-6-4-2/h24-27,33,35,44-47,50-53H,3-23,28-32,34,36-43H2,1-2H3,(H,49,54)/b26-24-,27-25+,35-33+. The van der Waals surface area contributed by atoms with Gasteiger partial charge in [-0.3, -0.25) is 4.79 Å². The summed E-state index contributed by atoms with van der Waals surface area (Å²) in [7, 11) is 0. The van der Waals surface area contributed by atoms with Crippen LogP contribution in [0, 0.1) is 0 Å². The van der Waals surface area contributed by atoms with E-state index < -0.39 is 36.9 Å². The predicted molar refractivity (Wildman–Crippen MR) is 233 cm³/mol. The third-order valence-electron chi connectivity index (χ3n) is 10.8. The Balaban J connectivity index is 3.79. The van der Waals surface area contributed by atoms with Crippen LogP contribution in [0.3, 0.4) is 0 Å². The molecule has 0 rings (SSSR count). The zero-order chi connectivity index (χ0) is 39.6. The smallest absolute Gasteiger partial charge is 0.249 e. The van der Waals surface area contributed by atoms with Gasteiger partial charge in [-0.05, 0) is 77.0 Å². The number of hydrogen-bond donors (Lipinski definition) is 5. The summed E-state index contributed by atoms with van der Waals surface area (Å²) in [5, 5.41) is 43.7. The zero-order valence-corrected chi connectivity index (χ0v) is 35.7. The van der Waals surface area contributed by atoms with Crippen LogP contribution in [0.5, 0.6) is 0 Å². The van der Waals surface area contributed by atoms with Crippen LogP contribution in [-0.2, 0) is 4.79 Å². The van der Waals surface area contributed by atoms with Gasteiger partial charge in [-0.15, -0.1) is 0 Å². The van der Waals surface area contributed by atoms with Crippen LogP contribution in [0.15, 0.2) is 36.5 Å². The van der Waals surface area contributed by atoms with Crippen molar-refractivity contribution in [1.29, 1.82) is 0 Å². The fraction of sp³-hybridized carbons (Fsp3) is 0.854. The Morgan fingerprint density at radius 2 is 0.778 bits per heavy atom. The van der Waals surface area contributed by atoms with Crippen molar-refractivity contribution in [3.8, 4) is 0 Å². The van der Waals surface area contributed by atoms with E-state index in [-0.39, 0.29) is 0 Å². The molecule has 0 radical (unpaired) electrons. The number of allylic oxidation sites excluding steroid dienone is 6. The van der Waals surface area contributed by atoms with Gasteiger partial charge in [-0.2, -0.15) is 0 Å². The van der Waals surface area contributed by atoms with Crippen molar-refractivity contribution in [3.05, 3.63) is 36.5 Å². The molecule has 318 valence electrons. The Hall–Kier alpha value is -1.47. The number of rotatable bonds is 42. The minimum absolute atomic E-state index is 0.353. The monoisotopic (exact) mass is 762 g/mol. The van der Waals surface area contributed by atoms with Crippen molar-refractivity contribution in [3.63, 3.8) is 0 Å². The lowest BCUT2D eigenvalue weighted by atomic mass is 10.00. The van der Waals surface area contributed by atoms with Gasteiger partial charge >= 0.3 is 0 Å². The van der Waals surface area contributed by atoms with E-state index in [0.29, 0.717) is 19.3 Å². The van der Waals surface area contributed by atoms with Gasteiger partial charge in [-0.1, -0.05) is 192 Å². The summed E-state index contributed by atoms with van der Waals surface area (Å²) in [6.45, 7) is 4.04. The maximum atomic E-state index is 12.5. The quantitative estimate of drug-likeness (QED) is 0.0314. The summed E-state index contributed by atoms with van der Waals surface area (Å²) in [4.78, 5) is 12.5. The number of carbonyl (C=O) groups is 1. The third-order valence-corrected chi connectivity index (χ3v) is 10.8. The summed E-state index contributed by atoms with van der Waals surface area (Å²) < 4.78 is 0. The molecular formula is C48H91NO5. The van der Waals surface area contributed by atoms with Gasteiger partial charge in [-0.25, -0.2) is 0 Å². The Bertz CT molecular complexity index is 858. The lowest BCUT2D eigenvalue weighted by molar-refractivity contribution is -0.132. The van der Waals surface area contributed by atoms with Crippen molar-refractivity contribution in [1.82, 2.24) is 5.32 Å². The van der Waals surface area contributed by atoms with Crippen LogP contribution in [0.25, 0.3) is 0 Å². The second kappa shape index (κ2) is 42.7. The average Bonchev–Trinajstić information content (AvgIpc) is 3.18. The van der Waals surface area contributed by atoms with Crippen LogP contribution < -0.4 is 5.32 Å². The lowest BCUT2D eigenvalue weighted by Crippen LogP contribution is -2.53. The topological polar surface area (TPSA) is 110 Å². The lowest BCUT2D eigenvalue weighted by Gasteiger charge is -2.27. The molecule has 1 amide bonds. The molecule has 4 unspecified atom stereocenters. The first-order valence-electron chi connectivity index (χ1n) is 23.4. The van der Waals surface area contributed by atoms with E-state index in [0.717, 1.165) is 51.4 Å². The Morgan fingerprint density at radius 1 is 0.444 bits per heavy atom. The van der Waals surface area contributed by atoms with Crippen molar-refractivity contribution in [2.75, 3.05) is 6.61 Å². The van der Waals surface area contributed by atoms with Crippen LogP contribution in [0.1, 0.15) is 232 Å². The van der Waals surface area contributed by atoms with E-state index >= 15 is 0 Å². The van der Waals surface area contributed by atoms with Crippen LogP contribution >= 0.6 is 0 Å². The molecule has 0 aromatic rings. The highest BCUT2D eigenvalue weighted by molar-refractivity contribution is 5.80. The molecule has 0 fully saturated rings. The van der Waals surface area contributed by atoms with E-state index in [1.54, 1.807) is 0 Å². The van der Waals surface area contributed by atoms with Crippen molar-refractivity contribution < 1.29 is 25.2 Å². The highest BCUT2D eigenvalue weighted by atomic mass is 16.3. The molecule has 6 heteroatoms. The number of hydrogen-bond acceptors (Lipinski definition) is 5. The highest BCUT2D eigenvalue weighted by Crippen LogP contribution is 2.15. The van der Waals surface area contributed by atoms with E-state index in [9.17, 15) is 25.2 Å². The molecule has 0 aromatic carbocycles.